The Kier molecular flexibility index (Phi) is 31.5. The van der Waals surface area contributed by atoms with Crippen molar-refractivity contribution in [3.8, 4) is 0 Å². The molecule has 1 aliphatic heterocycles. The second-order valence-electron chi connectivity index (χ2n) is 15.1. The van der Waals surface area contributed by atoms with Crippen molar-refractivity contribution in [1.29, 1.82) is 0 Å². The SMILES string of the molecule is CCCCCCCCCCCCCC/C=C/[C@@H](O)[C@H](CO[C@@H]1O[C@H](CO)[C@@H](O)C(O)C1O)NC(=O)CCCCCCCCCCCCCCCC. The molecule has 9 heteroatoms. The summed E-state index contributed by atoms with van der Waals surface area (Å²) in [6, 6.07) is -0.797. The molecule has 1 heterocycles. The Morgan fingerprint density at radius 2 is 1.08 bits per heavy atom. The molecule has 0 aromatic rings. The van der Waals surface area contributed by atoms with Gasteiger partial charge in [0.05, 0.1) is 25.4 Å². The standard InChI is InChI=1S/C42H81NO8/c1-3-5-7-9-11-13-15-17-19-21-23-25-27-29-31-36(45)35(34-50-42-41(49)40(48)39(47)37(33-44)51-42)43-38(46)32-30-28-26-24-22-20-18-16-14-12-10-8-6-4-2/h29,31,35-37,39-42,44-45,47-49H,3-28,30,32-34H2,1-2H3,(H,43,46)/b31-29+/t35-,36+,37+,39+,40?,41?,42+/m0/s1. The first kappa shape index (κ1) is 48.0. The maximum atomic E-state index is 12.9. The van der Waals surface area contributed by atoms with Crippen molar-refractivity contribution in [1.82, 2.24) is 5.32 Å². The molecule has 1 saturated heterocycles. The molecule has 1 rings (SSSR count). The monoisotopic (exact) mass is 728 g/mol. The minimum absolute atomic E-state index is 0.176. The summed E-state index contributed by atoms with van der Waals surface area (Å²) in [7, 11) is 0. The van der Waals surface area contributed by atoms with Gasteiger partial charge in [0.25, 0.3) is 0 Å². The van der Waals surface area contributed by atoms with Crippen LogP contribution in [-0.4, -0.2) is 87.5 Å². The number of carbonyl (C=O) groups excluding carboxylic acids is 1. The van der Waals surface area contributed by atoms with E-state index in [0.717, 1.165) is 38.5 Å². The fourth-order valence-corrected chi connectivity index (χ4v) is 6.86. The third kappa shape index (κ3) is 24.8. The smallest absolute Gasteiger partial charge is 0.220 e. The first-order valence-electron chi connectivity index (χ1n) is 21.4. The highest BCUT2D eigenvalue weighted by atomic mass is 16.7. The number of carbonyl (C=O) groups is 1. The number of hydrogen-bond donors (Lipinski definition) is 6. The summed E-state index contributed by atoms with van der Waals surface area (Å²) < 4.78 is 11.2. The topological polar surface area (TPSA) is 149 Å². The van der Waals surface area contributed by atoms with Crippen LogP contribution in [0.4, 0.5) is 0 Å². The largest absolute Gasteiger partial charge is 0.394 e. The second-order valence-corrected chi connectivity index (χ2v) is 15.1. The van der Waals surface area contributed by atoms with E-state index in [2.05, 4.69) is 19.2 Å². The molecule has 0 radical (unpaired) electrons. The normalized spacial score (nSPS) is 22.1. The van der Waals surface area contributed by atoms with Gasteiger partial charge in [-0.25, -0.2) is 0 Å². The van der Waals surface area contributed by atoms with Crippen molar-refractivity contribution in [3.05, 3.63) is 12.2 Å². The van der Waals surface area contributed by atoms with E-state index in [4.69, 9.17) is 9.47 Å². The lowest BCUT2D eigenvalue weighted by Gasteiger charge is -2.40. The Morgan fingerprint density at radius 1 is 0.647 bits per heavy atom. The van der Waals surface area contributed by atoms with Crippen LogP contribution in [0.1, 0.15) is 194 Å². The van der Waals surface area contributed by atoms with E-state index in [9.17, 15) is 30.3 Å². The molecule has 1 amide bonds. The summed E-state index contributed by atoms with van der Waals surface area (Å²) in [6.07, 6.45) is 29.6. The first-order valence-corrected chi connectivity index (χ1v) is 21.4. The highest BCUT2D eigenvalue weighted by Crippen LogP contribution is 2.22. The van der Waals surface area contributed by atoms with Crippen molar-refractivity contribution in [2.45, 2.75) is 236 Å². The molecule has 0 spiro atoms. The van der Waals surface area contributed by atoms with Crippen LogP contribution in [0.5, 0.6) is 0 Å². The molecule has 2 unspecified atom stereocenters. The van der Waals surface area contributed by atoms with Crippen LogP contribution in [0, 0.1) is 0 Å². The van der Waals surface area contributed by atoms with Crippen LogP contribution in [0.25, 0.3) is 0 Å². The van der Waals surface area contributed by atoms with Crippen LogP contribution in [0.15, 0.2) is 12.2 Å². The van der Waals surface area contributed by atoms with Crippen molar-refractivity contribution in [2.75, 3.05) is 13.2 Å². The zero-order valence-corrected chi connectivity index (χ0v) is 32.9. The Hall–Kier alpha value is -1.07. The first-order chi connectivity index (χ1) is 24.8. The Balaban J connectivity index is 2.40. The fourth-order valence-electron chi connectivity index (χ4n) is 6.86. The average Bonchev–Trinajstić information content (AvgIpc) is 3.13. The second kappa shape index (κ2) is 33.5. The molecule has 0 aromatic carbocycles. The summed E-state index contributed by atoms with van der Waals surface area (Å²) in [5, 5.41) is 54.0. The van der Waals surface area contributed by atoms with E-state index in [1.54, 1.807) is 6.08 Å². The number of rotatable bonds is 35. The maximum absolute atomic E-state index is 12.9. The summed E-state index contributed by atoms with van der Waals surface area (Å²) in [5.74, 6) is -0.176. The van der Waals surface area contributed by atoms with E-state index in [1.807, 2.05) is 6.08 Å². The zero-order valence-electron chi connectivity index (χ0n) is 32.9. The number of hydrogen-bond acceptors (Lipinski definition) is 8. The molecule has 1 fully saturated rings. The summed E-state index contributed by atoms with van der Waals surface area (Å²) in [5.41, 5.74) is 0. The fraction of sp³-hybridized carbons (Fsp3) is 0.929. The van der Waals surface area contributed by atoms with Crippen molar-refractivity contribution >= 4 is 5.91 Å². The van der Waals surface area contributed by atoms with Gasteiger partial charge in [0, 0.05) is 6.42 Å². The molecule has 6 N–H and O–H groups in total. The number of nitrogens with one attached hydrogen (secondary N) is 1. The summed E-state index contributed by atoms with van der Waals surface area (Å²) >= 11 is 0. The number of aliphatic hydroxyl groups is 5. The number of ether oxygens (including phenoxy) is 2. The summed E-state index contributed by atoms with van der Waals surface area (Å²) in [4.78, 5) is 12.9. The lowest BCUT2D eigenvalue weighted by atomic mass is 9.99. The number of unbranched alkanes of at least 4 members (excludes halogenated alkanes) is 25. The van der Waals surface area contributed by atoms with Gasteiger partial charge in [-0.2, -0.15) is 0 Å². The Morgan fingerprint density at radius 3 is 1.53 bits per heavy atom. The predicted molar refractivity (Wildman–Crippen MR) is 207 cm³/mol. The van der Waals surface area contributed by atoms with Crippen LogP contribution < -0.4 is 5.32 Å². The predicted octanol–water partition coefficient (Wildman–Crippen LogP) is 8.17. The van der Waals surface area contributed by atoms with Crippen molar-refractivity contribution in [3.63, 3.8) is 0 Å². The molecule has 51 heavy (non-hydrogen) atoms. The average molecular weight is 728 g/mol. The van der Waals surface area contributed by atoms with Gasteiger partial charge in [0.1, 0.15) is 24.4 Å². The van der Waals surface area contributed by atoms with Gasteiger partial charge in [0.2, 0.25) is 5.91 Å². The minimum atomic E-state index is -1.56. The van der Waals surface area contributed by atoms with E-state index < -0.39 is 49.5 Å². The molecule has 9 nitrogen and oxygen atoms in total. The molecular formula is C42H81NO8. The molecular weight excluding hydrogens is 646 g/mol. The van der Waals surface area contributed by atoms with E-state index >= 15 is 0 Å². The minimum Gasteiger partial charge on any atom is -0.394 e. The molecule has 0 aliphatic carbocycles. The molecule has 0 saturated carbocycles. The highest BCUT2D eigenvalue weighted by Gasteiger charge is 2.44. The van der Waals surface area contributed by atoms with Gasteiger partial charge in [-0.3, -0.25) is 4.79 Å². The molecule has 1 aliphatic rings. The van der Waals surface area contributed by atoms with Gasteiger partial charge in [-0.1, -0.05) is 180 Å². The van der Waals surface area contributed by atoms with Crippen molar-refractivity contribution in [2.24, 2.45) is 0 Å². The number of aliphatic hydroxyl groups excluding tert-OH is 5. The number of allylic oxidation sites excluding steroid dienone is 1. The van der Waals surface area contributed by atoms with Crippen LogP contribution in [0.3, 0.4) is 0 Å². The van der Waals surface area contributed by atoms with Crippen LogP contribution in [0.2, 0.25) is 0 Å². The van der Waals surface area contributed by atoms with Crippen molar-refractivity contribution < 1.29 is 39.8 Å². The Labute approximate surface area is 312 Å². The lowest BCUT2D eigenvalue weighted by Crippen LogP contribution is -2.60. The third-order valence-electron chi connectivity index (χ3n) is 10.4. The number of amides is 1. The molecule has 0 aromatic heterocycles. The molecule has 0 bridgehead atoms. The lowest BCUT2D eigenvalue weighted by molar-refractivity contribution is -0.302. The zero-order chi connectivity index (χ0) is 37.4. The molecule has 302 valence electrons. The van der Waals surface area contributed by atoms with Gasteiger partial charge in [-0.05, 0) is 19.3 Å². The van der Waals surface area contributed by atoms with Gasteiger partial charge in [-0.15, -0.1) is 0 Å². The highest BCUT2D eigenvalue weighted by molar-refractivity contribution is 5.76. The van der Waals surface area contributed by atoms with Gasteiger partial charge < -0.3 is 40.3 Å². The van der Waals surface area contributed by atoms with Gasteiger partial charge >= 0.3 is 0 Å². The molecule has 7 atom stereocenters. The van der Waals surface area contributed by atoms with E-state index in [0.29, 0.717) is 6.42 Å². The van der Waals surface area contributed by atoms with Gasteiger partial charge in [0.15, 0.2) is 6.29 Å². The van der Waals surface area contributed by atoms with E-state index in [-0.39, 0.29) is 12.5 Å². The van der Waals surface area contributed by atoms with Crippen LogP contribution in [-0.2, 0) is 14.3 Å². The van der Waals surface area contributed by atoms with Crippen LogP contribution >= 0.6 is 0 Å². The third-order valence-corrected chi connectivity index (χ3v) is 10.4. The Bertz CT molecular complexity index is 812. The quantitative estimate of drug-likeness (QED) is 0.0283. The van der Waals surface area contributed by atoms with E-state index in [1.165, 1.54) is 135 Å². The summed E-state index contributed by atoms with van der Waals surface area (Å²) in [6.45, 7) is 3.76. The maximum Gasteiger partial charge on any atom is 0.220 e.